The summed E-state index contributed by atoms with van der Waals surface area (Å²) in [6.45, 7) is 0.604. The van der Waals surface area contributed by atoms with Crippen LogP contribution in [0.15, 0.2) is 18.3 Å². The topological polar surface area (TPSA) is 79.1 Å². The zero-order chi connectivity index (χ0) is 9.68. The summed E-state index contributed by atoms with van der Waals surface area (Å²) in [5.41, 5.74) is 6.35. The Kier molecular flexibility index (Phi) is 3.28. The van der Waals surface area contributed by atoms with E-state index in [1.807, 2.05) is 12.2 Å². The summed E-state index contributed by atoms with van der Waals surface area (Å²) in [7, 11) is 0. The van der Waals surface area contributed by atoms with Gasteiger partial charge < -0.3 is 15.8 Å². The van der Waals surface area contributed by atoms with Crippen molar-refractivity contribution in [1.29, 1.82) is 0 Å². The van der Waals surface area contributed by atoms with Crippen LogP contribution in [0, 0.1) is 0 Å². The van der Waals surface area contributed by atoms with E-state index in [0.717, 1.165) is 12.0 Å². The van der Waals surface area contributed by atoms with Gasteiger partial charge in [-0.05, 0) is 24.6 Å². The lowest BCUT2D eigenvalue weighted by Gasteiger charge is -1.84. The lowest BCUT2D eigenvalue weighted by molar-refractivity contribution is 0.0691. The molecule has 0 aliphatic heterocycles. The first kappa shape index (κ1) is 9.54. The normalized spacial score (nSPS) is 10.8. The molecule has 1 rings (SSSR count). The molecule has 1 aromatic rings. The van der Waals surface area contributed by atoms with Crippen molar-refractivity contribution < 1.29 is 9.90 Å². The van der Waals surface area contributed by atoms with Crippen LogP contribution in [0.25, 0.3) is 6.08 Å². The van der Waals surface area contributed by atoms with E-state index in [-0.39, 0.29) is 5.69 Å². The molecule has 0 aliphatic rings. The number of carboxylic acids is 1. The van der Waals surface area contributed by atoms with Gasteiger partial charge in [0.25, 0.3) is 0 Å². The molecule has 4 nitrogen and oxygen atoms in total. The minimum absolute atomic E-state index is 0.201. The van der Waals surface area contributed by atoms with Gasteiger partial charge in [-0.25, -0.2) is 4.79 Å². The second-order valence-electron chi connectivity index (χ2n) is 2.63. The van der Waals surface area contributed by atoms with Crippen molar-refractivity contribution in [2.75, 3.05) is 6.54 Å². The molecule has 4 N–H and O–H groups in total. The zero-order valence-corrected chi connectivity index (χ0v) is 7.16. The molecule has 0 saturated carbocycles. The van der Waals surface area contributed by atoms with Crippen molar-refractivity contribution in [3.8, 4) is 0 Å². The Bertz CT molecular complexity index is 315. The third kappa shape index (κ3) is 2.76. The fraction of sp³-hybridized carbons (Fsp3) is 0.222. The summed E-state index contributed by atoms with van der Waals surface area (Å²) >= 11 is 0. The molecular weight excluding hydrogens is 168 g/mol. The Hall–Kier alpha value is -1.55. The number of rotatable bonds is 4. The first-order valence-electron chi connectivity index (χ1n) is 4.02. The number of nitrogens with two attached hydrogens (primary N) is 1. The molecular formula is C9H12N2O2. The maximum Gasteiger partial charge on any atom is 0.352 e. The van der Waals surface area contributed by atoms with Gasteiger partial charge in [-0.15, -0.1) is 0 Å². The van der Waals surface area contributed by atoms with E-state index in [9.17, 15) is 4.79 Å². The van der Waals surface area contributed by atoms with Crippen LogP contribution in [0.3, 0.4) is 0 Å². The van der Waals surface area contributed by atoms with Crippen LogP contribution >= 0.6 is 0 Å². The van der Waals surface area contributed by atoms with Crippen LogP contribution in [0.4, 0.5) is 0 Å². The fourth-order valence-electron chi connectivity index (χ4n) is 0.946. The molecule has 13 heavy (non-hydrogen) atoms. The molecule has 70 valence electrons. The van der Waals surface area contributed by atoms with Crippen molar-refractivity contribution in [3.63, 3.8) is 0 Å². The molecule has 0 amide bonds. The summed E-state index contributed by atoms with van der Waals surface area (Å²) in [6, 6.07) is 1.58. The van der Waals surface area contributed by atoms with Crippen molar-refractivity contribution in [2.24, 2.45) is 5.73 Å². The van der Waals surface area contributed by atoms with E-state index < -0.39 is 5.97 Å². The van der Waals surface area contributed by atoms with Gasteiger partial charge in [0.15, 0.2) is 0 Å². The number of hydrogen-bond donors (Lipinski definition) is 3. The van der Waals surface area contributed by atoms with Gasteiger partial charge in [0.05, 0.1) is 0 Å². The predicted octanol–water partition coefficient (Wildman–Crippen LogP) is 1.07. The number of H-pyrrole nitrogens is 1. The lowest BCUT2D eigenvalue weighted by Crippen LogP contribution is -1.95. The summed E-state index contributed by atoms with van der Waals surface area (Å²) in [5, 5.41) is 8.59. The highest BCUT2D eigenvalue weighted by Crippen LogP contribution is 2.05. The molecule has 0 fully saturated rings. The van der Waals surface area contributed by atoms with Gasteiger partial charge >= 0.3 is 5.97 Å². The fourth-order valence-corrected chi connectivity index (χ4v) is 0.946. The second kappa shape index (κ2) is 4.47. The van der Waals surface area contributed by atoms with Gasteiger partial charge in [-0.1, -0.05) is 12.2 Å². The largest absolute Gasteiger partial charge is 0.477 e. The van der Waals surface area contributed by atoms with Crippen LogP contribution in [0.1, 0.15) is 22.5 Å². The highest BCUT2D eigenvalue weighted by atomic mass is 16.4. The Morgan fingerprint density at radius 3 is 3.00 bits per heavy atom. The minimum atomic E-state index is -0.946. The zero-order valence-electron chi connectivity index (χ0n) is 7.16. The number of hydrogen-bond acceptors (Lipinski definition) is 2. The Morgan fingerprint density at radius 1 is 1.69 bits per heavy atom. The summed E-state index contributed by atoms with van der Waals surface area (Å²) in [5.74, 6) is -0.946. The molecule has 0 bridgehead atoms. The molecule has 0 aromatic carbocycles. The number of aromatic amines is 1. The van der Waals surface area contributed by atoms with Gasteiger partial charge in [-0.3, -0.25) is 0 Å². The van der Waals surface area contributed by atoms with Gasteiger partial charge in [0.1, 0.15) is 5.69 Å². The highest BCUT2D eigenvalue weighted by Gasteiger charge is 2.03. The van der Waals surface area contributed by atoms with E-state index in [0.29, 0.717) is 6.54 Å². The predicted molar refractivity (Wildman–Crippen MR) is 50.5 cm³/mol. The average Bonchev–Trinajstić information content (AvgIpc) is 2.53. The first-order chi connectivity index (χ1) is 6.24. The van der Waals surface area contributed by atoms with E-state index in [1.54, 1.807) is 12.3 Å². The Balaban J connectivity index is 2.64. The third-order valence-electron chi connectivity index (χ3n) is 1.58. The van der Waals surface area contributed by atoms with Crippen LogP contribution in [0.2, 0.25) is 0 Å². The van der Waals surface area contributed by atoms with Crippen molar-refractivity contribution >= 4 is 12.0 Å². The summed E-state index contributed by atoms with van der Waals surface area (Å²) in [6.07, 6.45) is 6.20. The first-order valence-corrected chi connectivity index (χ1v) is 4.02. The smallest absolute Gasteiger partial charge is 0.352 e. The van der Waals surface area contributed by atoms with Crippen LogP contribution < -0.4 is 5.73 Å². The number of carbonyl (C=O) groups is 1. The van der Waals surface area contributed by atoms with E-state index >= 15 is 0 Å². The van der Waals surface area contributed by atoms with E-state index in [2.05, 4.69) is 4.98 Å². The Labute approximate surface area is 76.1 Å². The summed E-state index contributed by atoms with van der Waals surface area (Å²) in [4.78, 5) is 13.1. The molecule has 4 heteroatoms. The average molecular weight is 180 g/mol. The number of carboxylic acid groups (broad SMARTS) is 1. The minimum Gasteiger partial charge on any atom is -0.477 e. The molecule has 0 unspecified atom stereocenters. The van der Waals surface area contributed by atoms with Crippen molar-refractivity contribution in [3.05, 3.63) is 29.6 Å². The summed E-state index contributed by atoms with van der Waals surface area (Å²) < 4.78 is 0. The van der Waals surface area contributed by atoms with Crippen LogP contribution in [0.5, 0.6) is 0 Å². The third-order valence-corrected chi connectivity index (χ3v) is 1.58. The quantitative estimate of drug-likeness (QED) is 0.648. The van der Waals surface area contributed by atoms with Crippen molar-refractivity contribution in [2.45, 2.75) is 6.42 Å². The van der Waals surface area contributed by atoms with Gasteiger partial charge in [0, 0.05) is 6.20 Å². The highest BCUT2D eigenvalue weighted by molar-refractivity contribution is 5.86. The SMILES string of the molecule is NCCC=Cc1c[nH]c(C(=O)O)c1. The maximum absolute atomic E-state index is 10.5. The van der Waals surface area contributed by atoms with E-state index in [1.165, 1.54) is 0 Å². The molecule has 0 aliphatic carbocycles. The maximum atomic E-state index is 10.5. The molecule has 1 heterocycles. The van der Waals surface area contributed by atoms with Crippen molar-refractivity contribution in [1.82, 2.24) is 4.98 Å². The van der Waals surface area contributed by atoms with Crippen LogP contribution in [-0.4, -0.2) is 22.6 Å². The number of aromatic carboxylic acids is 1. The number of aromatic nitrogens is 1. The number of nitrogens with one attached hydrogen (secondary N) is 1. The molecule has 0 spiro atoms. The molecule has 0 saturated heterocycles. The molecule has 0 radical (unpaired) electrons. The molecule has 1 aromatic heterocycles. The van der Waals surface area contributed by atoms with Crippen LogP contribution in [-0.2, 0) is 0 Å². The van der Waals surface area contributed by atoms with Gasteiger partial charge in [0.2, 0.25) is 0 Å². The lowest BCUT2D eigenvalue weighted by atomic mass is 10.2. The standard InChI is InChI=1S/C9H12N2O2/c10-4-2-1-3-7-5-8(9(12)13)11-6-7/h1,3,5-6,11H,2,4,10H2,(H,12,13). The Morgan fingerprint density at radius 2 is 2.46 bits per heavy atom. The monoisotopic (exact) mass is 180 g/mol. The van der Waals surface area contributed by atoms with E-state index in [4.69, 9.17) is 10.8 Å². The molecule has 0 atom stereocenters. The second-order valence-corrected chi connectivity index (χ2v) is 2.63. The van der Waals surface area contributed by atoms with Gasteiger partial charge in [-0.2, -0.15) is 0 Å².